The van der Waals surface area contributed by atoms with Gasteiger partial charge in [-0.25, -0.2) is 8.42 Å². The topological polar surface area (TPSA) is 76.2 Å². The molecule has 2 fully saturated rings. The van der Waals surface area contributed by atoms with Crippen LogP contribution in [0.4, 0.5) is 0 Å². The van der Waals surface area contributed by atoms with E-state index in [2.05, 4.69) is 4.90 Å². The Balaban J connectivity index is 1.42. The highest BCUT2D eigenvalue weighted by atomic mass is 32.2. The van der Waals surface area contributed by atoms with Gasteiger partial charge in [0.1, 0.15) is 11.5 Å². The minimum atomic E-state index is -2.87. The van der Waals surface area contributed by atoms with Crippen molar-refractivity contribution in [2.75, 3.05) is 50.9 Å². The highest BCUT2D eigenvalue weighted by Gasteiger charge is 2.34. The van der Waals surface area contributed by atoms with Gasteiger partial charge >= 0.3 is 0 Å². The quantitative estimate of drug-likeness (QED) is 0.724. The number of sulfone groups is 1. The molecule has 1 aromatic rings. The molecule has 0 saturated carbocycles. The third-order valence-corrected chi connectivity index (χ3v) is 6.64. The van der Waals surface area contributed by atoms with Crippen molar-refractivity contribution < 1.29 is 22.7 Å². The van der Waals surface area contributed by atoms with E-state index in [1.165, 1.54) is 0 Å². The van der Waals surface area contributed by atoms with Crippen molar-refractivity contribution >= 4 is 15.7 Å². The second-order valence-corrected chi connectivity index (χ2v) is 8.90. The van der Waals surface area contributed by atoms with E-state index in [1.807, 2.05) is 19.1 Å². The first-order valence-electron chi connectivity index (χ1n) is 9.05. The van der Waals surface area contributed by atoms with E-state index in [4.69, 9.17) is 9.47 Å². The standard InChI is InChI=1S/C18H26N2O5S/c1-2-24-16-3-5-17(6-4-16)25-13-18(21)20-10-8-19(9-11-20)15-7-12-26(22,23)14-15/h3-6,15H,2,7-14H2,1H3/t15-/m1/s1. The lowest BCUT2D eigenvalue weighted by Crippen LogP contribution is -2.53. The maximum atomic E-state index is 12.3. The number of carbonyl (C=O) groups is 1. The fraction of sp³-hybridized carbons (Fsp3) is 0.611. The first kappa shape index (κ1) is 19.0. The van der Waals surface area contributed by atoms with Crippen LogP contribution in [0.25, 0.3) is 0 Å². The van der Waals surface area contributed by atoms with Crippen molar-refractivity contribution in [1.29, 1.82) is 0 Å². The molecule has 2 aliphatic heterocycles. The molecular weight excluding hydrogens is 356 g/mol. The van der Waals surface area contributed by atoms with Gasteiger partial charge in [0.15, 0.2) is 16.4 Å². The molecule has 1 amide bonds. The Morgan fingerprint density at radius 3 is 2.23 bits per heavy atom. The average molecular weight is 382 g/mol. The summed E-state index contributed by atoms with van der Waals surface area (Å²) in [4.78, 5) is 16.3. The maximum Gasteiger partial charge on any atom is 0.260 e. The van der Waals surface area contributed by atoms with Crippen LogP contribution in [0.15, 0.2) is 24.3 Å². The number of hydrogen-bond donors (Lipinski definition) is 0. The molecule has 0 radical (unpaired) electrons. The van der Waals surface area contributed by atoms with Crippen molar-refractivity contribution in [1.82, 2.24) is 9.80 Å². The number of ether oxygens (including phenoxy) is 2. The molecule has 0 bridgehead atoms. The minimum absolute atomic E-state index is 0.00574. The molecule has 2 aliphatic rings. The number of piperazine rings is 1. The summed E-state index contributed by atoms with van der Waals surface area (Å²) in [5, 5.41) is 0. The summed E-state index contributed by atoms with van der Waals surface area (Å²) < 4.78 is 34.2. The molecule has 3 rings (SSSR count). The van der Waals surface area contributed by atoms with E-state index in [0.29, 0.717) is 31.9 Å². The van der Waals surface area contributed by atoms with Gasteiger partial charge in [-0.1, -0.05) is 0 Å². The lowest BCUT2D eigenvalue weighted by atomic mass is 10.2. The van der Waals surface area contributed by atoms with Crippen LogP contribution in [-0.2, 0) is 14.6 Å². The van der Waals surface area contributed by atoms with Crippen LogP contribution in [0.3, 0.4) is 0 Å². The predicted octanol–water partition coefficient (Wildman–Crippen LogP) is 0.795. The zero-order valence-electron chi connectivity index (χ0n) is 15.1. The highest BCUT2D eigenvalue weighted by molar-refractivity contribution is 7.91. The minimum Gasteiger partial charge on any atom is -0.494 e. The van der Waals surface area contributed by atoms with Gasteiger partial charge < -0.3 is 14.4 Å². The molecule has 0 spiro atoms. The third-order valence-electron chi connectivity index (χ3n) is 4.89. The Labute approximate surface area is 154 Å². The second-order valence-electron chi connectivity index (χ2n) is 6.67. The summed E-state index contributed by atoms with van der Waals surface area (Å²) in [5.41, 5.74) is 0. The van der Waals surface area contributed by atoms with Crippen LogP contribution in [0, 0.1) is 0 Å². The average Bonchev–Trinajstić information content (AvgIpc) is 3.01. The largest absolute Gasteiger partial charge is 0.494 e. The molecule has 1 atom stereocenters. The second kappa shape index (κ2) is 8.26. The Morgan fingerprint density at radius 1 is 1.08 bits per heavy atom. The summed E-state index contributed by atoms with van der Waals surface area (Å²) in [6.45, 7) is 5.20. The molecule has 7 nitrogen and oxygen atoms in total. The summed E-state index contributed by atoms with van der Waals surface area (Å²) in [7, 11) is -2.87. The van der Waals surface area contributed by atoms with E-state index in [1.54, 1.807) is 17.0 Å². The monoisotopic (exact) mass is 382 g/mol. The predicted molar refractivity (Wildman–Crippen MR) is 98.3 cm³/mol. The van der Waals surface area contributed by atoms with Crippen LogP contribution in [0.5, 0.6) is 11.5 Å². The lowest BCUT2D eigenvalue weighted by Gasteiger charge is -2.37. The van der Waals surface area contributed by atoms with E-state index < -0.39 is 9.84 Å². The Morgan fingerprint density at radius 2 is 1.69 bits per heavy atom. The molecule has 8 heteroatoms. The van der Waals surface area contributed by atoms with Gasteiger partial charge in [-0.2, -0.15) is 0 Å². The molecular formula is C18H26N2O5S. The lowest BCUT2D eigenvalue weighted by molar-refractivity contribution is -0.135. The number of nitrogens with zero attached hydrogens (tertiary/aromatic N) is 2. The summed E-state index contributed by atoms with van der Waals surface area (Å²) >= 11 is 0. The Bertz CT molecular complexity index is 712. The van der Waals surface area contributed by atoms with Gasteiger partial charge in [0.25, 0.3) is 5.91 Å². The smallest absolute Gasteiger partial charge is 0.260 e. The van der Waals surface area contributed by atoms with E-state index in [-0.39, 0.29) is 30.1 Å². The first-order valence-corrected chi connectivity index (χ1v) is 10.9. The van der Waals surface area contributed by atoms with Crippen LogP contribution in [-0.4, -0.2) is 81.1 Å². The number of benzene rings is 1. The van der Waals surface area contributed by atoms with Gasteiger partial charge in [-0.05, 0) is 37.6 Å². The van der Waals surface area contributed by atoms with Crippen molar-refractivity contribution in [3.05, 3.63) is 24.3 Å². The number of rotatable bonds is 6. The molecule has 0 aliphatic carbocycles. The molecule has 0 unspecified atom stereocenters. The SMILES string of the molecule is CCOc1ccc(OCC(=O)N2CCN([C@@H]3CCS(=O)(=O)C3)CC2)cc1. The number of carbonyl (C=O) groups excluding carboxylic acids is 1. The zero-order chi connectivity index (χ0) is 18.6. The highest BCUT2D eigenvalue weighted by Crippen LogP contribution is 2.20. The molecule has 144 valence electrons. The fourth-order valence-corrected chi connectivity index (χ4v) is 5.20. The van der Waals surface area contributed by atoms with Gasteiger partial charge in [0.05, 0.1) is 18.1 Å². The van der Waals surface area contributed by atoms with Crippen LogP contribution >= 0.6 is 0 Å². The normalized spacial score (nSPS) is 23.0. The van der Waals surface area contributed by atoms with Crippen LogP contribution < -0.4 is 9.47 Å². The summed E-state index contributed by atoms with van der Waals surface area (Å²) in [5.74, 6) is 1.90. The number of amides is 1. The first-order chi connectivity index (χ1) is 12.5. The van der Waals surface area contributed by atoms with Crippen molar-refractivity contribution in [3.8, 4) is 11.5 Å². The van der Waals surface area contributed by atoms with Gasteiger partial charge in [0, 0.05) is 32.2 Å². The van der Waals surface area contributed by atoms with Crippen LogP contribution in [0.1, 0.15) is 13.3 Å². The molecule has 2 saturated heterocycles. The molecule has 26 heavy (non-hydrogen) atoms. The van der Waals surface area contributed by atoms with E-state index >= 15 is 0 Å². The molecule has 1 aromatic carbocycles. The summed E-state index contributed by atoms with van der Waals surface area (Å²) in [6, 6.07) is 7.32. The maximum absolute atomic E-state index is 12.3. The third kappa shape index (κ3) is 4.88. The van der Waals surface area contributed by atoms with E-state index in [0.717, 1.165) is 18.8 Å². The molecule has 0 N–H and O–H groups in total. The van der Waals surface area contributed by atoms with Crippen molar-refractivity contribution in [2.45, 2.75) is 19.4 Å². The molecule has 0 aromatic heterocycles. The van der Waals surface area contributed by atoms with Gasteiger partial charge in [-0.3, -0.25) is 9.69 Å². The summed E-state index contributed by atoms with van der Waals surface area (Å²) in [6.07, 6.45) is 0.705. The number of hydrogen-bond acceptors (Lipinski definition) is 6. The van der Waals surface area contributed by atoms with Gasteiger partial charge in [-0.15, -0.1) is 0 Å². The Kier molecular flexibility index (Phi) is 6.03. The Hall–Kier alpha value is -1.80. The van der Waals surface area contributed by atoms with E-state index in [9.17, 15) is 13.2 Å². The van der Waals surface area contributed by atoms with Crippen LogP contribution in [0.2, 0.25) is 0 Å². The van der Waals surface area contributed by atoms with Gasteiger partial charge in [0.2, 0.25) is 0 Å². The molecule has 2 heterocycles. The fourth-order valence-electron chi connectivity index (χ4n) is 3.43. The van der Waals surface area contributed by atoms with Crippen molar-refractivity contribution in [2.24, 2.45) is 0 Å². The van der Waals surface area contributed by atoms with Crippen molar-refractivity contribution in [3.63, 3.8) is 0 Å². The zero-order valence-corrected chi connectivity index (χ0v) is 15.9.